The monoisotopic (exact) mass is 315 g/mol. The van der Waals surface area contributed by atoms with Crippen molar-refractivity contribution in [1.82, 2.24) is 0 Å². The summed E-state index contributed by atoms with van der Waals surface area (Å²) in [5.74, 6) is 0. The number of hydrogen-bond donors (Lipinski definition) is 1. The molecule has 0 heterocycles. The highest BCUT2D eigenvalue weighted by molar-refractivity contribution is 5.55. The maximum Gasteiger partial charge on any atom is 0.269 e. The molecule has 0 atom stereocenters. The molecule has 0 unspecified atom stereocenters. The zero-order chi connectivity index (χ0) is 17.0. The minimum atomic E-state index is -0.480. The largest absolute Gasteiger partial charge is 0.269 e. The van der Waals surface area contributed by atoms with Crippen molar-refractivity contribution in [1.29, 1.82) is 0 Å². The van der Waals surface area contributed by atoms with Crippen LogP contribution in [0.5, 0.6) is 0 Å². The SMILES string of the molecule is Cc1cc([N+](=O)[O-])ccc1N=NNc1ccc([N+](=O)[O-])cc1C. The Labute approximate surface area is 130 Å². The third-order valence-corrected chi connectivity index (χ3v) is 3.14. The van der Waals surface area contributed by atoms with Crippen LogP contribution in [0.25, 0.3) is 0 Å². The van der Waals surface area contributed by atoms with Gasteiger partial charge in [-0.25, -0.2) is 0 Å². The summed E-state index contributed by atoms with van der Waals surface area (Å²) in [6.07, 6.45) is 0. The molecular formula is C14H13N5O4. The number of hydrogen-bond acceptors (Lipinski definition) is 6. The summed E-state index contributed by atoms with van der Waals surface area (Å²) >= 11 is 0. The molecule has 1 N–H and O–H groups in total. The summed E-state index contributed by atoms with van der Waals surface area (Å²) in [5.41, 5.74) is 5.02. The number of nitro groups is 2. The van der Waals surface area contributed by atoms with Crippen molar-refractivity contribution in [2.75, 3.05) is 5.43 Å². The molecule has 9 nitrogen and oxygen atoms in total. The van der Waals surface area contributed by atoms with E-state index >= 15 is 0 Å². The molecule has 0 aliphatic rings. The van der Waals surface area contributed by atoms with Gasteiger partial charge in [-0.3, -0.25) is 25.7 Å². The average Bonchev–Trinajstić information content (AvgIpc) is 2.49. The van der Waals surface area contributed by atoms with Crippen LogP contribution in [0, 0.1) is 34.1 Å². The quantitative estimate of drug-likeness (QED) is 0.502. The van der Waals surface area contributed by atoms with E-state index in [1.807, 2.05) is 0 Å². The molecule has 0 aliphatic carbocycles. The van der Waals surface area contributed by atoms with E-state index in [9.17, 15) is 20.2 Å². The fourth-order valence-electron chi connectivity index (χ4n) is 1.88. The summed E-state index contributed by atoms with van der Waals surface area (Å²) in [5, 5.41) is 29.1. The predicted octanol–water partition coefficient (Wildman–Crippen LogP) is 4.23. The Morgan fingerprint density at radius 3 is 2.00 bits per heavy atom. The number of benzene rings is 2. The molecule has 0 aliphatic heterocycles. The number of rotatable bonds is 5. The Kier molecular flexibility index (Phi) is 4.60. The lowest BCUT2D eigenvalue weighted by molar-refractivity contribution is -0.385. The molecule has 0 amide bonds. The molecule has 23 heavy (non-hydrogen) atoms. The highest BCUT2D eigenvalue weighted by Gasteiger charge is 2.09. The van der Waals surface area contributed by atoms with E-state index in [2.05, 4.69) is 15.8 Å². The molecule has 0 spiro atoms. The van der Waals surface area contributed by atoms with Gasteiger partial charge < -0.3 is 0 Å². The van der Waals surface area contributed by atoms with Crippen LogP contribution in [0.3, 0.4) is 0 Å². The average molecular weight is 315 g/mol. The molecule has 0 aromatic heterocycles. The van der Waals surface area contributed by atoms with Gasteiger partial charge in [-0.2, -0.15) is 0 Å². The number of anilines is 1. The number of nitrogens with one attached hydrogen (secondary N) is 1. The van der Waals surface area contributed by atoms with Gasteiger partial charge in [0.2, 0.25) is 0 Å². The van der Waals surface area contributed by atoms with Gasteiger partial charge in [0.25, 0.3) is 11.4 Å². The Balaban J connectivity index is 2.13. The lowest BCUT2D eigenvalue weighted by Crippen LogP contribution is -1.93. The zero-order valence-corrected chi connectivity index (χ0v) is 12.4. The Morgan fingerprint density at radius 1 is 0.913 bits per heavy atom. The second kappa shape index (κ2) is 6.60. The molecular weight excluding hydrogens is 302 g/mol. The van der Waals surface area contributed by atoms with E-state index in [0.29, 0.717) is 22.5 Å². The molecule has 0 saturated heterocycles. The summed E-state index contributed by atoms with van der Waals surface area (Å²) in [7, 11) is 0. The van der Waals surface area contributed by atoms with Gasteiger partial charge in [-0.1, -0.05) is 5.22 Å². The van der Waals surface area contributed by atoms with Crippen LogP contribution >= 0.6 is 0 Å². The summed E-state index contributed by atoms with van der Waals surface area (Å²) < 4.78 is 0. The van der Waals surface area contributed by atoms with Crippen molar-refractivity contribution in [3.05, 3.63) is 67.8 Å². The van der Waals surface area contributed by atoms with Crippen LogP contribution in [-0.2, 0) is 0 Å². The highest BCUT2D eigenvalue weighted by atomic mass is 16.6. The molecule has 9 heteroatoms. The fourth-order valence-corrected chi connectivity index (χ4v) is 1.88. The molecule has 2 aromatic rings. The number of nitro benzene ring substituents is 2. The van der Waals surface area contributed by atoms with Crippen LogP contribution < -0.4 is 5.43 Å². The van der Waals surface area contributed by atoms with Crippen molar-refractivity contribution in [3.63, 3.8) is 0 Å². The molecule has 2 aromatic carbocycles. The molecule has 0 radical (unpaired) electrons. The van der Waals surface area contributed by atoms with E-state index in [1.54, 1.807) is 13.8 Å². The minimum absolute atomic E-state index is 0.00352. The molecule has 118 valence electrons. The van der Waals surface area contributed by atoms with Gasteiger partial charge >= 0.3 is 0 Å². The Morgan fingerprint density at radius 2 is 1.48 bits per heavy atom. The van der Waals surface area contributed by atoms with E-state index < -0.39 is 9.85 Å². The second-order valence-corrected chi connectivity index (χ2v) is 4.80. The van der Waals surface area contributed by atoms with E-state index in [4.69, 9.17) is 0 Å². The second-order valence-electron chi connectivity index (χ2n) is 4.80. The van der Waals surface area contributed by atoms with Crippen LogP contribution in [-0.4, -0.2) is 9.85 Å². The lowest BCUT2D eigenvalue weighted by atomic mass is 10.2. The Bertz CT molecular complexity index is 804. The van der Waals surface area contributed by atoms with E-state index in [1.165, 1.54) is 36.4 Å². The van der Waals surface area contributed by atoms with Crippen molar-refractivity contribution < 1.29 is 9.85 Å². The van der Waals surface area contributed by atoms with Gasteiger partial charge in [-0.15, -0.1) is 5.11 Å². The van der Waals surface area contributed by atoms with Gasteiger partial charge in [0.1, 0.15) is 0 Å². The lowest BCUT2D eigenvalue weighted by Gasteiger charge is -2.04. The summed E-state index contributed by atoms with van der Waals surface area (Å²) in [6, 6.07) is 8.58. The standard InChI is InChI=1S/C14H13N5O4/c1-9-7-11(18(20)21)3-5-13(9)15-17-16-14-6-4-12(19(22)23)8-10(14)2/h3-8H,1-2H3,(H,15,16). The first-order chi connectivity index (χ1) is 10.9. The first-order valence-electron chi connectivity index (χ1n) is 6.55. The smallest absolute Gasteiger partial charge is 0.260 e. The normalized spacial score (nSPS) is 10.7. The number of non-ortho nitro benzene ring substituents is 2. The van der Waals surface area contributed by atoms with Crippen molar-refractivity contribution >= 4 is 22.7 Å². The van der Waals surface area contributed by atoms with E-state index in [-0.39, 0.29) is 11.4 Å². The zero-order valence-electron chi connectivity index (χ0n) is 12.4. The van der Waals surface area contributed by atoms with Crippen LogP contribution in [0.15, 0.2) is 46.7 Å². The molecule has 0 fully saturated rings. The third kappa shape index (κ3) is 3.84. The maximum absolute atomic E-state index is 10.7. The predicted molar refractivity (Wildman–Crippen MR) is 83.8 cm³/mol. The molecule has 2 rings (SSSR count). The Hall–Kier alpha value is -3.36. The van der Waals surface area contributed by atoms with Crippen LogP contribution in [0.2, 0.25) is 0 Å². The number of aryl methyl sites for hydroxylation is 2. The van der Waals surface area contributed by atoms with Gasteiger partial charge in [0, 0.05) is 24.3 Å². The number of nitrogens with zero attached hydrogens (tertiary/aromatic N) is 4. The summed E-state index contributed by atoms with van der Waals surface area (Å²) in [6.45, 7) is 3.40. The van der Waals surface area contributed by atoms with Gasteiger partial charge in [0.15, 0.2) is 0 Å². The topological polar surface area (TPSA) is 123 Å². The maximum atomic E-state index is 10.7. The van der Waals surface area contributed by atoms with Crippen molar-refractivity contribution in [3.8, 4) is 0 Å². The van der Waals surface area contributed by atoms with E-state index in [0.717, 1.165) is 0 Å². The molecule has 0 bridgehead atoms. The van der Waals surface area contributed by atoms with Crippen molar-refractivity contribution in [2.45, 2.75) is 13.8 Å². The highest BCUT2D eigenvalue weighted by Crippen LogP contribution is 2.25. The van der Waals surface area contributed by atoms with Crippen LogP contribution in [0.1, 0.15) is 11.1 Å². The summed E-state index contributed by atoms with van der Waals surface area (Å²) in [4.78, 5) is 20.4. The van der Waals surface area contributed by atoms with Gasteiger partial charge in [-0.05, 0) is 37.1 Å². The first kappa shape index (κ1) is 16.0. The van der Waals surface area contributed by atoms with Crippen molar-refractivity contribution in [2.24, 2.45) is 10.3 Å². The van der Waals surface area contributed by atoms with Gasteiger partial charge in [0.05, 0.1) is 21.2 Å². The fraction of sp³-hybridized carbons (Fsp3) is 0.143. The first-order valence-corrected chi connectivity index (χ1v) is 6.55. The van der Waals surface area contributed by atoms with Crippen LogP contribution in [0.4, 0.5) is 22.7 Å². The molecule has 0 saturated carbocycles. The minimum Gasteiger partial charge on any atom is -0.260 e. The third-order valence-electron chi connectivity index (χ3n) is 3.14.